The molecule has 0 aliphatic carbocycles. The molecule has 1 aliphatic heterocycles. The number of rotatable bonds is 3. The fourth-order valence-electron chi connectivity index (χ4n) is 3.22. The lowest BCUT2D eigenvalue weighted by molar-refractivity contribution is 0.0736. The highest BCUT2D eigenvalue weighted by Crippen LogP contribution is 2.33. The lowest BCUT2D eigenvalue weighted by Gasteiger charge is -2.24. The van der Waals surface area contributed by atoms with Crippen LogP contribution >= 0.6 is 11.3 Å². The van der Waals surface area contributed by atoms with Gasteiger partial charge in [0, 0.05) is 18.9 Å². The minimum absolute atomic E-state index is 0.0357. The van der Waals surface area contributed by atoms with Gasteiger partial charge in [0.2, 0.25) is 0 Å². The third kappa shape index (κ3) is 2.82. The lowest BCUT2D eigenvalue weighted by atomic mass is 10.1. The van der Waals surface area contributed by atoms with Crippen molar-refractivity contribution >= 4 is 17.2 Å². The van der Waals surface area contributed by atoms with Crippen molar-refractivity contribution in [1.29, 1.82) is 0 Å². The van der Waals surface area contributed by atoms with E-state index in [0.717, 1.165) is 42.4 Å². The van der Waals surface area contributed by atoms with Crippen LogP contribution in [0.15, 0.2) is 30.3 Å². The summed E-state index contributed by atoms with van der Waals surface area (Å²) in [5, 5.41) is 0. The van der Waals surface area contributed by atoms with Gasteiger partial charge in [-0.3, -0.25) is 14.3 Å². The van der Waals surface area contributed by atoms with Gasteiger partial charge in [0.15, 0.2) is 5.82 Å². The second kappa shape index (κ2) is 6.36. The molecule has 0 saturated carbocycles. The number of hydrogen-bond acceptors (Lipinski definition) is 6. The SMILES string of the molecule is Cc1ncsc1C(=O)N1CCC[C@H]1c1cncc(-n2ccnc2C)n1. The van der Waals surface area contributed by atoms with Crippen LogP contribution in [0.2, 0.25) is 0 Å². The van der Waals surface area contributed by atoms with Crippen molar-refractivity contribution in [1.82, 2.24) is 29.4 Å². The summed E-state index contributed by atoms with van der Waals surface area (Å²) in [6.45, 7) is 4.53. The summed E-state index contributed by atoms with van der Waals surface area (Å²) >= 11 is 1.39. The van der Waals surface area contributed by atoms with E-state index >= 15 is 0 Å². The second-order valence-electron chi connectivity index (χ2n) is 6.07. The number of hydrogen-bond donors (Lipinski definition) is 0. The van der Waals surface area contributed by atoms with Crippen LogP contribution in [0.1, 0.15) is 45.8 Å². The Balaban J connectivity index is 1.66. The molecule has 4 heterocycles. The van der Waals surface area contributed by atoms with E-state index < -0.39 is 0 Å². The minimum Gasteiger partial charge on any atom is -0.329 e. The molecule has 0 spiro atoms. The van der Waals surface area contributed by atoms with Crippen molar-refractivity contribution in [3.8, 4) is 5.82 Å². The third-order valence-electron chi connectivity index (χ3n) is 4.51. The summed E-state index contributed by atoms with van der Waals surface area (Å²) < 4.78 is 1.89. The van der Waals surface area contributed by atoms with Crippen LogP contribution in [-0.4, -0.2) is 41.9 Å². The first-order chi connectivity index (χ1) is 12.1. The summed E-state index contributed by atoms with van der Waals surface area (Å²) in [6, 6.07) is -0.0507. The number of carbonyl (C=O) groups is 1. The molecule has 8 heteroatoms. The Morgan fingerprint density at radius 1 is 1.28 bits per heavy atom. The number of aromatic nitrogens is 5. The fourth-order valence-corrected chi connectivity index (χ4v) is 3.98. The van der Waals surface area contributed by atoms with Crippen LogP contribution in [-0.2, 0) is 0 Å². The zero-order valence-electron chi connectivity index (χ0n) is 14.1. The summed E-state index contributed by atoms with van der Waals surface area (Å²) in [5.41, 5.74) is 3.32. The molecule has 1 fully saturated rings. The maximum absolute atomic E-state index is 12.9. The molecule has 0 aromatic carbocycles. The Bertz CT molecular complexity index is 917. The summed E-state index contributed by atoms with van der Waals surface area (Å²) in [6.07, 6.45) is 8.93. The standard InChI is InChI=1S/C17H18N6OS/c1-11-16(25-10-20-11)17(24)23-6-3-4-14(23)13-8-18-9-15(21-13)22-7-5-19-12(22)2/h5,7-10,14H,3-4,6H2,1-2H3/t14-/m0/s1. The van der Waals surface area contributed by atoms with E-state index in [1.54, 1.807) is 24.1 Å². The Kier molecular flexibility index (Phi) is 4.04. The van der Waals surface area contributed by atoms with Gasteiger partial charge in [-0.15, -0.1) is 11.3 Å². The van der Waals surface area contributed by atoms with Crippen LogP contribution in [0.5, 0.6) is 0 Å². The van der Waals surface area contributed by atoms with Crippen molar-refractivity contribution in [2.45, 2.75) is 32.7 Å². The predicted octanol–water partition coefficient (Wildman–Crippen LogP) is 2.71. The molecule has 3 aromatic rings. The van der Waals surface area contributed by atoms with E-state index in [-0.39, 0.29) is 11.9 Å². The monoisotopic (exact) mass is 354 g/mol. The van der Waals surface area contributed by atoms with Crippen LogP contribution < -0.4 is 0 Å². The Labute approximate surface area is 149 Å². The minimum atomic E-state index is -0.0507. The molecule has 0 unspecified atom stereocenters. The van der Waals surface area contributed by atoms with Crippen LogP contribution in [0.3, 0.4) is 0 Å². The van der Waals surface area contributed by atoms with Gasteiger partial charge < -0.3 is 4.90 Å². The number of likely N-dealkylation sites (tertiary alicyclic amines) is 1. The zero-order valence-corrected chi connectivity index (χ0v) is 14.9. The van der Waals surface area contributed by atoms with E-state index in [0.29, 0.717) is 4.88 Å². The van der Waals surface area contributed by atoms with E-state index in [4.69, 9.17) is 4.98 Å². The van der Waals surface area contributed by atoms with E-state index in [9.17, 15) is 4.79 Å². The Morgan fingerprint density at radius 3 is 2.88 bits per heavy atom. The molecule has 0 bridgehead atoms. The number of carbonyl (C=O) groups excluding carboxylic acids is 1. The van der Waals surface area contributed by atoms with Crippen molar-refractivity contribution < 1.29 is 4.79 Å². The zero-order chi connectivity index (χ0) is 17.4. The van der Waals surface area contributed by atoms with E-state index in [2.05, 4.69) is 15.0 Å². The van der Waals surface area contributed by atoms with Crippen molar-refractivity contribution in [2.75, 3.05) is 6.54 Å². The van der Waals surface area contributed by atoms with Crippen molar-refractivity contribution in [2.24, 2.45) is 0 Å². The Hall–Kier alpha value is -2.61. The normalized spacial score (nSPS) is 17.2. The topological polar surface area (TPSA) is 76.8 Å². The largest absolute Gasteiger partial charge is 0.329 e. The van der Waals surface area contributed by atoms with Gasteiger partial charge in [-0.1, -0.05) is 0 Å². The smallest absolute Gasteiger partial charge is 0.266 e. The van der Waals surface area contributed by atoms with Crippen molar-refractivity contribution in [3.63, 3.8) is 0 Å². The van der Waals surface area contributed by atoms with Crippen LogP contribution in [0.25, 0.3) is 5.82 Å². The number of imidazole rings is 1. The van der Waals surface area contributed by atoms with E-state index in [1.165, 1.54) is 11.3 Å². The summed E-state index contributed by atoms with van der Waals surface area (Å²) in [7, 11) is 0. The highest BCUT2D eigenvalue weighted by molar-refractivity contribution is 7.11. The molecule has 3 aromatic heterocycles. The van der Waals surface area contributed by atoms with E-state index in [1.807, 2.05) is 29.5 Å². The molecule has 0 N–H and O–H groups in total. The third-order valence-corrected chi connectivity index (χ3v) is 5.42. The maximum atomic E-state index is 12.9. The average Bonchev–Trinajstić information content (AvgIpc) is 3.35. The van der Waals surface area contributed by atoms with Gasteiger partial charge in [-0.25, -0.2) is 15.0 Å². The first-order valence-electron chi connectivity index (χ1n) is 8.18. The molecule has 0 radical (unpaired) electrons. The first kappa shape index (κ1) is 15.9. The molecule has 128 valence electrons. The average molecular weight is 354 g/mol. The number of aryl methyl sites for hydroxylation is 2. The van der Waals surface area contributed by atoms with Gasteiger partial charge in [0.1, 0.15) is 10.7 Å². The molecule has 1 atom stereocenters. The van der Waals surface area contributed by atoms with Gasteiger partial charge in [-0.05, 0) is 26.7 Å². The maximum Gasteiger partial charge on any atom is 0.266 e. The molecule has 1 amide bonds. The van der Waals surface area contributed by atoms with Gasteiger partial charge >= 0.3 is 0 Å². The number of amides is 1. The molecule has 1 saturated heterocycles. The van der Waals surface area contributed by atoms with Crippen LogP contribution in [0, 0.1) is 13.8 Å². The van der Waals surface area contributed by atoms with Gasteiger partial charge in [0.25, 0.3) is 5.91 Å². The first-order valence-corrected chi connectivity index (χ1v) is 9.06. The lowest BCUT2D eigenvalue weighted by Crippen LogP contribution is -2.31. The van der Waals surface area contributed by atoms with Crippen LogP contribution in [0.4, 0.5) is 0 Å². The summed E-state index contributed by atoms with van der Waals surface area (Å²) in [5.74, 6) is 1.61. The quantitative estimate of drug-likeness (QED) is 0.723. The highest BCUT2D eigenvalue weighted by Gasteiger charge is 2.33. The predicted molar refractivity (Wildman–Crippen MR) is 93.8 cm³/mol. The molecule has 25 heavy (non-hydrogen) atoms. The number of thiazole rings is 1. The number of nitrogens with zero attached hydrogens (tertiary/aromatic N) is 6. The van der Waals surface area contributed by atoms with Gasteiger partial charge in [-0.2, -0.15) is 0 Å². The molecule has 7 nitrogen and oxygen atoms in total. The highest BCUT2D eigenvalue weighted by atomic mass is 32.1. The second-order valence-corrected chi connectivity index (χ2v) is 6.92. The summed E-state index contributed by atoms with van der Waals surface area (Å²) in [4.78, 5) is 33.0. The molecular weight excluding hydrogens is 336 g/mol. The Morgan fingerprint density at radius 2 is 2.16 bits per heavy atom. The van der Waals surface area contributed by atoms with Crippen molar-refractivity contribution in [3.05, 3.63) is 52.4 Å². The molecule has 4 rings (SSSR count). The van der Waals surface area contributed by atoms with Gasteiger partial charge in [0.05, 0.1) is 35.3 Å². The molecular formula is C17H18N6OS. The molecule has 1 aliphatic rings. The fraction of sp³-hybridized carbons (Fsp3) is 0.353.